The Morgan fingerprint density at radius 2 is 2.12 bits per heavy atom. The minimum absolute atomic E-state index is 0.124. The lowest BCUT2D eigenvalue weighted by Crippen LogP contribution is -2.28. The second-order valence-electron chi connectivity index (χ2n) is 3.17. The van der Waals surface area contributed by atoms with E-state index in [0.717, 1.165) is 5.75 Å². The van der Waals surface area contributed by atoms with Gasteiger partial charge >= 0.3 is 0 Å². The van der Waals surface area contributed by atoms with Crippen molar-refractivity contribution in [2.24, 2.45) is 5.73 Å². The fourth-order valence-electron chi connectivity index (χ4n) is 1.15. The van der Waals surface area contributed by atoms with E-state index in [2.05, 4.69) is 11.9 Å². The summed E-state index contributed by atoms with van der Waals surface area (Å²) in [5.74, 6) is 0.594. The van der Waals surface area contributed by atoms with Crippen LogP contribution in [0.5, 0.6) is 5.75 Å². The molecular formula is C12H16N2O2. The van der Waals surface area contributed by atoms with E-state index in [9.17, 15) is 4.79 Å². The number of hydrogen-bond acceptors (Lipinski definition) is 3. The fraction of sp³-hybridized carbons (Fsp3) is 0.250. The molecule has 0 saturated carbocycles. The fourth-order valence-corrected chi connectivity index (χ4v) is 1.15. The van der Waals surface area contributed by atoms with Crippen LogP contribution in [0.15, 0.2) is 36.9 Å². The first-order valence-electron chi connectivity index (χ1n) is 5.10. The molecule has 86 valence electrons. The SMILES string of the molecule is C=CCOc1ccc(C(=O)NCCN)cc1. The predicted molar refractivity (Wildman–Crippen MR) is 63.5 cm³/mol. The zero-order valence-electron chi connectivity index (χ0n) is 9.11. The van der Waals surface area contributed by atoms with Gasteiger partial charge < -0.3 is 15.8 Å². The van der Waals surface area contributed by atoms with Gasteiger partial charge in [-0.2, -0.15) is 0 Å². The molecule has 0 bridgehead atoms. The van der Waals surface area contributed by atoms with Crippen molar-refractivity contribution in [3.63, 3.8) is 0 Å². The second kappa shape index (κ2) is 6.63. The minimum Gasteiger partial charge on any atom is -0.490 e. The van der Waals surface area contributed by atoms with Gasteiger partial charge in [0.15, 0.2) is 0 Å². The third kappa shape index (κ3) is 3.74. The molecule has 1 aromatic rings. The van der Waals surface area contributed by atoms with Crippen LogP contribution in [0.4, 0.5) is 0 Å². The van der Waals surface area contributed by atoms with Gasteiger partial charge in [-0.15, -0.1) is 0 Å². The third-order valence-corrected chi connectivity index (χ3v) is 1.91. The highest BCUT2D eigenvalue weighted by Crippen LogP contribution is 2.11. The molecule has 1 amide bonds. The van der Waals surface area contributed by atoms with E-state index in [-0.39, 0.29) is 5.91 Å². The Kier molecular flexibility index (Phi) is 5.08. The summed E-state index contributed by atoms with van der Waals surface area (Å²) in [5, 5.41) is 2.69. The van der Waals surface area contributed by atoms with Crippen molar-refractivity contribution in [1.29, 1.82) is 0 Å². The molecule has 0 fully saturated rings. The van der Waals surface area contributed by atoms with Gasteiger partial charge in [0.05, 0.1) is 0 Å². The van der Waals surface area contributed by atoms with Crippen molar-refractivity contribution < 1.29 is 9.53 Å². The Morgan fingerprint density at radius 3 is 2.69 bits per heavy atom. The molecule has 3 N–H and O–H groups in total. The minimum atomic E-state index is -0.124. The van der Waals surface area contributed by atoms with Gasteiger partial charge in [-0.3, -0.25) is 4.79 Å². The zero-order valence-corrected chi connectivity index (χ0v) is 9.11. The molecular weight excluding hydrogens is 204 g/mol. The number of carbonyl (C=O) groups is 1. The number of nitrogens with one attached hydrogen (secondary N) is 1. The van der Waals surface area contributed by atoms with Crippen LogP contribution in [0, 0.1) is 0 Å². The van der Waals surface area contributed by atoms with E-state index in [4.69, 9.17) is 10.5 Å². The highest BCUT2D eigenvalue weighted by molar-refractivity contribution is 5.94. The maximum atomic E-state index is 11.5. The van der Waals surface area contributed by atoms with E-state index in [0.29, 0.717) is 25.3 Å². The van der Waals surface area contributed by atoms with Crippen molar-refractivity contribution in [3.05, 3.63) is 42.5 Å². The van der Waals surface area contributed by atoms with Gasteiger partial charge in [-0.05, 0) is 24.3 Å². The number of rotatable bonds is 6. The van der Waals surface area contributed by atoms with E-state index in [1.54, 1.807) is 30.3 Å². The number of ether oxygens (including phenoxy) is 1. The predicted octanol–water partition coefficient (Wildman–Crippen LogP) is 0.940. The molecule has 1 rings (SSSR count). The summed E-state index contributed by atoms with van der Waals surface area (Å²) in [4.78, 5) is 11.5. The van der Waals surface area contributed by atoms with Crippen molar-refractivity contribution in [1.82, 2.24) is 5.32 Å². The van der Waals surface area contributed by atoms with Crippen molar-refractivity contribution in [2.45, 2.75) is 0 Å². The number of nitrogens with two attached hydrogens (primary N) is 1. The standard InChI is InChI=1S/C12H16N2O2/c1-2-9-16-11-5-3-10(4-6-11)12(15)14-8-7-13/h2-6H,1,7-9,13H2,(H,14,15). The van der Waals surface area contributed by atoms with Crippen molar-refractivity contribution in [3.8, 4) is 5.75 Å². The molecule has 0 unspecified atom stereocenters. The van der Waals surface area contributed by atoms with Gasteiger partial charge in [0.2, 0.25) is 0 Å². The van der Waals surface area contributed by atoms with Crippen LogP contribution in [0.3, 0.4) is 0 Å². The van der Waals surface area contributed by atoms with E-state index in [1.807, 2.05) is 0 Å². The Bertz CT molecular complexity index is 347. The first kappa shape index (κ1) is 12.3. The lowest BCUT2D eigenvalue weighted by atomic mass is 10.2. The average molecular weight is 220 g/mol. The molecule has 0 heterocycles. The number of benzene rings is 1. The average Bonchev–Trinajstić information content (AvgIpc) is 2.34. The summed E-state index contributed by atoms with van der Waals surface area (Å²) >= 11 is 0. The van der Waals surface area contributed by atoms with Crippen molar-refractivity contribution in [2.75, 3.05) is 19.7 Å². The maximum absolute atomic E-state index is 11.5. The number of hydrogen-bond donors (Lipinski definition) is 2. The molecule has 0 saturated heterocycles. The molecule has 0 aliphatic carbocycles. The topological polar surface area (TPSA) is 64.3 Å². The van der Waals surface area contributed by atoms with Crippen LogP contribution in [-0.4, -0.2) is 25.6 Å². The van der Waals surface area contributed by atoms with Crippen LogP contribution in [-0.2, 0) is 0 Å². The molecule has 4 heteroatoms. The van der Waals surface area contributed by atoms with Gasteiger partial charge in [0, 0.05) is 18.7 Å². The number of carbonyl (C=O) groups excluding carboxylic acids is 1. The van der Waals surface area contributed by atoms with Crippen LogP contribution < -0.4 is 15.8 Å². The summed E-state index contributed by atoms with van der Waals surface area (Å²) in [5.41, 5.74) is 5.89. The van der Waals surface area contributed by atoms with Crippen LogP contribution in [0.2, 0.25) is 0 Å². The van der Waals surface area contributed by atoms with Gasteiger partial charge in [-0.25, -0.2) is 0 Å². The number of amides is 1. The first-order chi connectivity index (χ1) is 7.77. The Morgan fingerprint density at radius 1 is 1.44 bits per heavy atom. The summed E-state index contributed by atoms with van der Waals surface area (Å²) < 4.78 is 5.30. The summed E-state index contributed by atoms with van der Waals surface area (Å²) in [7, 11) is 0. The smallest absolute Gasteiger partial charge is 0.251 e. The van der Waals surface area contributed by atoms with E-state index < -0.39 is 0 Å². The molecule has 1 aromatic carbocycles. The highest BCUT2D eigenvalue weighted by Gasteiger charge is 2.03. The molecule has 0 aromatic heterocycles. The molecule has 4 nitrogen and oxygen atoms in total. The molecule has 0 aliphatic heterocycles. The van der Waals surface area contributed by atoms with Crippen LogP contribution in [0.25, 0.3) is 0 Å². The lowest BCUT2D eigenvalue weighted by Gasteiger charge is -2.05. The third-order valence-electron chi connectivity index (χ3n) is 1.91. The normalized spacial score (nSPS) is 9.56. The molecule has 0 atom stereocenters. The van der Waals surface area contributed by atoms with E-state index >= 15 is 0 Å². The van der Waals surface area contributed by atoms with Crippen LogP contribution in [0.1, 0.15) is 10.4 Å². The van der Waals surface area contributed by atoms with Gasteiger partial charge in [0.25, 0.3) is 5.91 Å². The Hall–Kier alpha value is -1.81. The second-order valence-corrected chi connectivity index (χ2v) is 3.17. The maximum Gasteiger partial charge on any atom is 0.251 e. The Balaban J connectivity index is 2.56. The van der Waals surface area contributed by atoms with Crippen molar-refractivity contribution >= 4 is 5.91 Å². The summed E-state index contributed by atoms with van der Waals surface area (Å²) in [6.45, 7) is 4.93. The summed E-state index contributed by atoms with van der Waals surface area (Å²) in [6, 6.07) is 6.93. The quantitative estimate of drug-likeness (QED) is 0.701. The van der Waals surface area contributed by atoms with E-state index in [1.165, 1.54) is 0 Å². The lowest BCUT2D eigenvalue weighted by molar-refractivity contribution is 0.0954. The largest absolute Gasteiger partial charge is 0.490 e. The molecule has 0 radical (unpaired) electrons. The van der Waals surface area contributed by atoms with Gasteiger partial charge in [0.1, 0.15) is 12.4 Å². The molecule has 0 aliphatic rings. The molecule has 0 spiro atoms. The zero-order chi connectivity index (χ0) is 11.8. The van der Waals surface area contributed by atoms with Crippen LogP contribution >= 0.6 is 0 Å². The Labute approximate surface area is 95.1 Å². The monoisotopic (exact) mass is 220 g/mol. The molecule has 16 heavy (non-hydrogen) atoms. The highest BCUT2D eigenvalue weighted by atomic mass is 16.5. The first-order valence-corrected chi connectivity index (χ1v) is 5.10. The van der Waals surface area contributed by atoms with Gasteiger partial charge in [-0.1, -0.05) is 12.7 Å². The summed E-state index contributed by atoms with van der Waals surface area (Å²) in [6.07, 6.45) is 1.67.